The van der Waals surface area contributed by atoms with E-state index < -0.39 is 0 Å². The van der Waals surface area contributed by atoms with Gasteiger partial charge >= 0.3 is 0 Å². The van der Waals surface area contributed by atoms with Crippen LogP contribution >= 0.6 is 23.2 Å². The number of aromatic nitrogens is 1. The van der Waals surface area contributed by atoms with E-state index in [1.165, 1.54) is 12.8 Å². The van der Waals surface area contributed by atoms with Crippen molar-refractivity contribution in [2.24, 2.45) is 11.7 Å². The molecule has 2 nitrogen and oxygen atoms in total. The summed E-state index contributed by atoms with van der Waals surface area (Å²) in [7, 11) is 0. The fourth-order valence-corrected chi connectivity index (χ4v) is 1.73. The Labute approximate surface area is 87.1 Å². The quantitative estimate of drug-likeness (QED) is 0.773. The summed E-state index contributed by atoms with van der Waals surface area (Å²) in [6, 6.07) is 3.37. The highest BCUT2D eigenvalue weighted by Crippen LogP contribution is 2.40. The van der Waals surface area contributed by atoms with E-state index >= 15 is 0 Å². The van der Waals surface area contributed by atoms with Crippen LogP contribution in [0.2, 0.25) is 10.2 Å². The van der Waals surface area contributed by atoms with Crippen LogP contribution in [0, 0.1) is 5.92 Å². The summed E-state index contributed by atoms with van der Waals surface area (Å²) in [6.45, 7) is 0. The number of nitrogens with zero attached hydrogens (tertiary/aromatic N) is 1. The van der Waals surface area contributed by atoms with Gasteiger partial charge in [0.2, 0.25) is 0 Å². The minimum Gasteiger partial charge on any atom is -0.322 e. The molecule has 13 heavy (non-hydrogen) atoms. The van der Waals surface area contributed by atoms with E-state index in [-0.39, 0.29) is 6.04 Å². The van der Waals surface area contributed by atoms with E-state index in [2.05, 4.69) is 4.98 Å². The van der Waals surface area contributed by atoms with Crippen LogP contribution in [-0.2, 0) is 0 Å². The summed E-state index contributed by atoms with van der Waals surface area (Å²) in [5, 5.41) is 1.07. The Morgan fingerprint density at radius 1 is 1.38 bits per heavy atom. The second kappa shape index (κ2) is 3.45. The van der Waals surface area contributed by atoms with Crippen LogP contribution in [0.5, 0.6) is 0 Å². The van der Waals surface area contributed by atoms with Crippen molar-refractivity contribution in [3.8, 4) is 0 Å². The molecule has 1 heterocycles. The Morgan fingerprint density at radius 3 is 2.69 bits per heavy atom. The Bertz CT molecular complexity index is 323. The van der Waals surface area contributed by atoms with Gasteiger partial charge in [0.1, 0.15) is 5.15 Å². The first-order valence-corrected chi connectivity index (χ1v) is 5.01. The molecule has 0 aliphatic heterocycles. The highest BCUT2D eigenvalue weighted by Gasteiger charge is 2.31. The Balaban J connectivity index is 2.31. The van der Waals surface area contributed by atoms with Gasteiger partial charge < -0.3 is 5.73 Å². The van der Waals surface area contributed by atoms with Gasteiger partial charge in [-0.3, -0.25) is 0 Å². The molecule has 0 radical (unpaired) electrons. The lowest BCUT2D eigenvalue weighted by Crippen LogP contribution is -2.14. The molecule has 0 bridgehead atoms. The second-order valence-corrected chi connectivity index (χ2v) is 4.16. The summed E-state index contributed by atoms with van der Waals surface area (Å²) in [6.07, 6.45) is 2.34. The van der Waals surface area contributed by atoms with Crippen LogP contribution < -0.4 is 5.73 Å². The van der Waals surface area contributed by atoms with Crippen molar-refractivity contribution >= 4 is 23.2 Å². The number of nitrogens with two attached hydrogens (primary N) is 1. The maximum atomic E-state index is 5.96. The van der Waals surface area contributed by atoms with E-state index in [1.54, 1.807) is 12.1 Å². The zero-order valence-electron chi connectivity index (χ0n) is 7.00. The number of rotatable bonds is 2. The molecule has 2 N–H and O–H groups in total. The van der Waals surface area contributed by atoms with Crippen molar-refractivity contribution in [1.82, 2.24) is 4.98 Å². The van der Waals surface area contributed by atoms with E-state index in [1.807, 2.05) is 0 Å². The van der Waals surface area contributed by atoms with Crippen molar-refractivity contribution < 1.29 is 0 Å². The first-order valence-electron chi connectivity index (χ1n) is 4.26. The monoisotopic (exact) mass is 216 g/mol. The third-order valence-corrected chi connectivity index (χ3v) is 2.81. The van der Waals surface area contributed by atoms with Gasteiger partial charge in [0, 0.05) is 0 Å². The van der Waals surface area contributed by atoms with Crippen molar-refractivity contribution in [3.05, 3.63) is 28.0 Å². The van der Waals surface area contributed by atoms with Crippen LogP contribution in [0.1, 0.15) is 24.6 Å². The maximum Gasteiger partial charge on any atom is 0.129 e. The molecule has 1 fully saturated rings. The van der Waals surface area contributed by atoms with Crippen LogP contribution in [0.4, 0.5) is 0 Å². The molecule has 0 saturated heterocycles. The summed E-state index contributed by atoms with van der Waals surface area (Å²) >= 11 is 11.7. The molecule has 70 valence electrons. The first-order chi connectivity index (χ1) is 6.18. The third-order valence-electron chi connectivity index (χ3n) is 2.28. The predicted molar refractivity (Wildman–Crippen MR) is 53.9 cm³/mol. The standard InChI is InChI=1S/C9H10Cl2N2/c10-6-3-4-7(11)13-9(6)8(12)5-1-2-5/h3-5,8H,1-2,12H2. The van der Waals surface area contributed by atoms with Crippen molar-refractivity contribution in [3.63, 3.8) is 0 Å². The summed E-state index contributed by atoms with van der Waals surface area (Å²) < 4.78 is 0. The van der Waals surface area contributed by atoms with Crippen molar-refractivity contribution in [2.45, 2.75) is 18.9 Å². The van der Waals surface area contributed by atoms with Crippen LogP contribution in [-0.4, -0.2) is 4.98 Å². The van der Waals surface area contributed by atoms with Crippen molar-refractivity contribution in [1.29, 1.82) is 0 Å². The molecular weight excluding hydrogens is 207 g/mol. The second-order valence-electron chi connectivity index (χ2n) is 3.36. The summed E-state index contributed by atoms with van der Waals surface area (Å²) in [5.41, 5.74) is 6.70. The Hall–Kier alpha value is -0.310. The molecule has 1 aromatic heterocycles. The lowest BCUT2D eigenvalue weighted by Gasteiger charge is -2.11. The van der Waals surface area contributed by atoms with Crippen LogP contribution in [0.3, 0.4) is 0 Å². The summed E-state index contributed by atoms with van der Waals surface area (Å²) in [4.78, 5) is 4.14. The highest BCUT2D eigenvalue weighted by atomic mass is 35.5. The number of halogens is 2. The van der Waals surface area contributed by atoms with Gasteiger partial charge in [-0.2, -0.15) is 0 Å². The molecule has 1 aliphatic carbocycles. The number of hydrogen-bond acceptors (Lipinski definition) is 2. The zero-order valence-corrected chi connectivity index (χ0v) is 8.52. The fraction of sp³-hybridized carbons (Fsp3) is 0.444. The van der Waals surface area contributed by atoms with E-state index in [9.17, 15) is 0 Å². The van der Waals surface area contributed by atoms with Crippen LogP contribution in [0.25, 0.3) is 0 Å². The molecule has 1 atom stereocenters. The van der Waals surface area contributed by atoms with E-state index in [0.29, 0.717) is 16.1 Å². The molecule has 1 unspecified atom stereocenters. The molecular formula is C9H10Cl2N2. The van der Waals surface area contributed by atoms with Crippen molar-refractivity contribution in [2.75, 3.05) is 0 Å². The van der Waals surface area contributed by atoms with E-state index in [4.69, 9.17) is 28.9 Å². The average Bonchev–Trinajstić information content (AvgIpc) is 2.91. The minimum absolute atomic E-state index is 0.0498. The van der Waals surface area contributed by atoms with Gasteiger partial charge in [0.25, 0.3) is 0 Å². The Kier molecular flexibility index (Phi) is 2.45. The summed E-state index contributed by atoms with van der Waals surface area (Å²) in [5.74, 6) is 0.545. The molecule has 0 spiro atoms. The number of hydrogen-bond donors (Lipinski definition) is 1. The molecule has 1 aromatic rings. The normalized spacial score (nSPS) is 18.7. The fourth-order valence-electron chi connectivity index (χ4n) is 1.35. The third kappa shape index (κ3) is 1.96. The molecule has 4 heteroatoms. The molecule has 0 aromatic carbocycles. The van der Waals surface area contributed by atoms with E-state index in [0.717, 1.165) is 5.69 Å². The highest BCUT2D eigenvalue weighted by molar-refractivity contribution is 6.32. The zero-order chi connectivity index (χ0) is 9.42. The van der Waals surface area contributed by atoms with Gasteiger partial charge in [0.15, 0.2) is 0 Å². The SMILES string of the molecule is NC(c1nc(Cl)ccc1Cl)C1CC1. The average molecular weight is 217 g/mol. The maximum absolute atomic E-state index is 5.96. The van der Waals surface area contributed by atoms with Gasteiger partial charge in [-0.1, -0.05) is 23.2 Å². The Morgan fingerprint density at radius 2 is 2.08 bits per heavy atom. The van der Waals surface area contributed by atoms with Gasteiger partial charge in [-0.25, -0.2) is 4.98 Å². The molecule has 1 saturated carbocycles. The molecule has 0 amide bonds. The molecule has 2 rings (SSSR count). The first kappa shape index (κ1) is 9.25. The lowest BCUT2D eigenvalue weighted by atomic mass is 10.1. The van der Waals surface area contributed by atoms with Crippen LogP contribution in [0.15, 0.2) is 12.1 Å². The minimum atomic E-state index is -0.0498. The lowest BCUT2D eigenvalue weighted by molar-refractivity contribution is 0.615. The van der Waals surface area contributed by atoms with Gasteiger partial charge in [0.05, 0.1) is 16.8 Å². The smallest absolute Gasteiger partial charge is 0.129 e. The van der Waals surface area contributed by atoms with Gasteiger partial charge in [-0.05, 0) is 30.9 Å². The largest absolute Gasteiger partial charge is 0.322 e. The molecule has 1 aliphatic rings. The predicted octanol–water partition coefficient (Wildman–Crippen LogP) is 2.80. The topological polar surface area (TPSA) is 38.9 Å². The van der Waals surface area contributed by atoms with Gasteiger partial charge in [-0.15, -0.1) is 0 Å². The number of pyridine rings is 1.